The normalized spacial score (nSPS) is 11.7. The summed E-state index contributed by atoms with van der Waals surface area (Å²) < 4.78 is 24.8. The number of hydrogen-bond acceptors (Lipinski definition) is 4. The van der Waals surface area contributed by atoms with Crippen molar-refractivity contribution in [3.05, 3.63) is 58.9 Å². The van der Waals surface area contributed by atoms with Crippen molar-refractivity contribution in [2.24, 2.45) is 5.73 Å². The summed E-state index contributed by atoms with van der Waals surface area (Å²) in [6, 6.07) is 9.68. The molecule has 6 heteroatoms. The predicted octanol–water partition coefficient (Wildman–Crippen LogP) is 3.36. The van der Waals surface area contributed by atoms with Gasteiger partial charge in [0.2, 0.25) is 0 Å². The standard InChI is InChI=1S/C20H25FN2O3/c1-4-25-19-8-6-15(12-17(19)21)14(3)23-20(24)16-11-13(2)5-7-18(16)26-10-9-22/h5-8,11-12,14H,4,9-10,22H2,1-3H3,(H,23,24). The maximum Gasteiger partial charge on any atom is 0.255 e. The summed E-state index contributed by atoms with van der Waals surface area (Å²) in [4.78, 5) is 12.7. The highest BCUT2D eigenvalue weighted by atomic mass is 19.1. The van der Waals surface area contributed by atoms with Crippen LogP contribution in [0.4, 0.5) is 4.39 Å². The molecule has 0 saturated heterocycles. The second-order valence-electron chi connectivity index (χ2n) is 5.95. The van der Waals surface area contributed by atoms with Gasteiger partial charge in [-0.1, -0.05) is 17.7 Å². The van der Waals surface area contributed by atoms with Crippen LogP contribution in [0.2, 0.25) is 0 Å². The molecule has 0 saturated carbocycles. The van der Waals surface area contributed by atoms with E-state index < -0.39 is 5.82 Å². The van der Waals surface area contributed by atoms with E-state index in [4.69, 9.17) is 15.2 Å². The Morgan fingerprint density at radius 1 is 1.19 bits per heavy atom. The smallest absolute Gasteiger partial charge is 0.255 e. The quantitative estimate of drug-likeness (QED) is 0.757. The van der Waals surface area contributed by atoms with Crippen molar-refractivity contribution in [1.29, 1.82) is 0 Å². The van der Waals surface area contributed by atoms with Gasteiger partial charge in [0.1, 0.15) is 12.4 Å². The molecule has 1 unspecified atom stereocenters. The zero-order chi connectivity index (χ0) is 19.1. The zero-order valence-corrected chi connectivity index (χ0v) is 15.3. The molecule has 0 heterocycles. The van der Waals surface area contributed by atoms with E-state index in [-0.39, 0.29) is 17.7 Å². The molecule has 0 aromatic heterocycles. The van der Waals surface area contributed by atoms with Crippen molar-refractivity contribution in [1.82, 2.24) is 5.32 Å². The Morgan fingerprint density at radius 2 is 1.92 bits per heavy atom. The van der Waals surface area contributed by atoms with Crippen LogP contribution in [0.15, 0.2) is 36.4 Å². The van der Waals surface area contributed by atoms with Crippen molar-refractivity contribution in [2.45, 2.75) is 26.8 Å². The highest BCUT2D eigenvalue weighted by Crippen LogP contribution is 2.24. The fourth-order valence-electron chi connectivity index (χ4n) is 2.53. The molecule has 1 atom stereocenters. The van der Waals surface area contributed by atoms with E-state index in [2.05, 4.69) is 5.32 Å². The molecule has 2 aromatic carbocycles. The minimum Gasteiger partial charge on any atom is -0.491 e. The number of ether oxygens (including phenoxy) is 2. The van der Waals surface area contributed by atoms with E-state index >= 15 is 0 Å². The number of halogens is 1. The van der Waals surface area contributed by atoms with Gasteiger partial charge in [0.15, 0.2) is 11.6 Å². The third-order valence-electron chi connectivity index (χ3n) is 3.86. The van der Waals surface area contributed by atoms with Crippen LogP contribution in [0.5, 0.6) is 11.5 Å². The molecule has 3 N–H and O–H groups in total. The Bertz CT molecular complexity index is 765. The topological polar surface area (TPSA) is 73.6 Å². The first kappa shape index (κ1) is 19.7. The van der Waals surface area contributed by atoms with E-state index in [9.17, 15) is 9.18 Å². The Labute approximate surface area is 153 Å². The van der Waals surface area contributed by atoms with Gasteiger partial charge in [-0.15, -0.1) is 0 Å². The van der Waals surface area contributed by atoms with E-state index in [0.29, 0.717) is 36.6 Å². The summed E-state index contributed by atoms with van der Waals surface area (Å²) >= 11 is 0. The fraction of sp³-hybridized carbons (Fsp3) is 0.350. The number of aryl methyl sites for hydroxylation is 1. The van der Waals surface area contributed by atoms with Gasteiger partial charge in [0.25, 0.3) is 5.91 Å². The molecule has 2 rings (SSSR count). The minimum absolute atomic E-state index is 0.200. The molecule has 0 fully saturated rings. The molecule has 0 aliphatic heterocycles. The largest absolute Gasteiger partial charge is 0.491 e. The summed E-state index contributed by atoms with van der Waals surface area (Å²) in [6.45, 7) is 6.56. The first-order chi connectivity index (χ1) is 12.5. The number of nitrogens with two attached hydrogens (primary N) is 1. The summed E-state index contributed by atoms with van der Waals surface area (Å²) in [7, 11) is 0. The molecule has 1 amide bonds. The third-order valence-corrected chi connectivity index (χ3v) is 3.86. The molecule has 2 aromatic rings. The average molecular weight is 360 g/mol. The summed E-state index contributed by atoms with van der Waals surface area (Å²) in [6.07, 6.45) is 0. The molecule has 5 nitrogen and oxygen atoms in total. The van der Waals surface area contributed by atoms with Gasteiger partial charge >= 0.3 is 0 Å². The van der Waals surface area contributed by atoms with E-state index in [0.717, 1.165) is 5.56 Å². The molecule has 0 bridgehead atoms. The van der Waals surface area contributed by atoms with Gasteiger partial charge in [-0.05, 0) is 50.6 Å². The van der Waals surface area contributed by atoms with Crippen molar-refractivity contribution >= 4 is 5.91 Å². The van der Waals surface area contributed by atoms with Crippen LogP contribution in [0.1, 0.15) is 41.4 Å². The van der Waals surface area contributed by atoms with Crippen LogP contribution in [-0.4, -0.2) is 25.7 Å². The van der Waals surface area contributed by atoms with Crippen molar-refractivity contribution < 1.29 is 18.7 Å². The van der Waals surface area contributed by atoms with Crippen molar-refractivity contribution in [3.8, 4) is 11.5 Å². The Balaban J connectivity index is 2.16. The maximum atomic E-state index is 14.0. The Kier molecular flexibility index (Phi) is 6.97. The minimum atomic E-state index is -0.451. The van der Waals surface area contributed by atoms with Crippen LogP contribution >= 0.6 is 0 Å². The molecule has 140 valence electrons. The Morgan fingerprint density at radius 3 is 2.58 bits per heavy atom. The molecule has 0 aliphatic carbocycles. The number of amides is 1. The van der Waals surface area contributed by atoms with Crippen molar-refractivity contribution in [2.75, 3.05) is 19.8 Å². The van der Waals surface area contributed by atoms with Gasteiger partial charge in [-0.2, -0.15) is 0 Å². The van der Waals surface area contributed by atoms with Crippen LogP contribution in [0.3, 0.4) is 0 Å². The molecule has 26 heavy (non-hydrogen) atoms. The lowest BCUT2D eigenvalue weighted by atomic mass is 10.1. The third kappa shape index (κ3) is 4.95. The van der Waals surface area contributed by atoms with E-state index in [1.165, 1.54) is 6.07 Å². The average Bonchev–Trinajstić information content (AvgIpc) is 2.62. The summed E-state index contributed by atoms with van der Waals surface area (Å²) in [5, 5.41) is 2.88. The lowest BCUT2D eigenvalue weighted by Gasteiger charge is -2.17. The highest BCUT2D eigenvalue weighted by molar-refractivity contribution is 5.97. The van der Waals surface area contributed by atoms with Crippen molar-refractivity contribution in [3.63, 3.8) is 0 Å². The molecule has 0 aliphatic rings. The second-order valence-corrected chi connectivity index (χ2v) is 5.95. The number of carbonyl (C=O) groups is 1. The van der Waals surface area contributed by atoms with Crippen LogP contribution < -0.4 is 20.5 Å². The van der Waals surface area contributed by atoms with Gasteiger partial charge < -0.3 is 20.5 Å². The van der Waals surface area contributed by atoms with Gasteiger partial charge in [0.05, 0.1) is 18.2 Å². The molecule has 0 spiro atoms. The second kappa shape index (κ2) is 9.20. The van der Waals surface area contributed by atoms with Gasteiger partial charge in [-0.25, -0.2) is 4.39 Å². The number of rotatable bonds is 8. The number of nitrogens with one attached hydrogen (secondary N) is 1. The zero-order valence-electron chi connectivity index (χ0n) is 15.3. The first-order valence-corrected chi connectivity index (χ1v) is 8.62. The van der Waals surface area contributed by atoms with Crippen LogP contribution in [0.25, 0.3) is 0 Å². The van der Waals surface area contributed by atoms with E-state index in [1.54, 1.807) is 38.1 Å². The van der Waals surface area contributed by atoms with Gasteiger partial charge in [0, 0.05) is 6.54 Å². The summed E-state index contributed by atoms with van der Waals surface area (Å²) in [5.41, 5.74) is 7.48. The molecular weight excluding hydrogens is 335 g/mol. The molecular formula is C20H25FN2O3. The molecule has 0 radical (unpaired) electrons. The first-order valence-electron chi connectivity index (χ1n) is 8.62. The monoisotopic (exact) mass is 360 g/mol. The van der Waals surface area contributed by atoms with Crippen LogP contribution in [-0.2, 0) is 0 Å². The highest BCUT2D eigenvalue weighted by Gasteiger charge is 2.17. The van der Waals surface area contributed by atoms with E-state index in [1.807, 2.05) is 13.0 Å². The van der Waals surface area contributed by atoms with Crippen LogP contribution in [0, 0.1) is 12.7 Å². The maximum absolute atomic E-state index is 14.0. The number of benzene rings is 2. The Hall–Kier alpha value is -2.60. The fourth-order valence-corrected chi connectivity index (χ4v) is 2.53. The number of carbonyl (C=O) groups excluding carboxylic acids is 1. The predicted molar refractivity (Wildman–Crippen MR) is 99.2 cm³/mol. The lowest BCUT2D eigenvalue weighted by Crippen LogP contribution is -2.27. The SMILES string of the molecule is CCOc1ccc(C(C)NC(=O)c2cc(C)ccc2OCCN)cc1F. The summed E-state index contributed by atoms with van der Waals surface area (Å²) in [5.74, 6) is -0.0648. The lowest BCUT2D eigenvalue weighted by molar-refractivity contribution is 0.0935. The van der Waals surface area contributed by atoms with Gasteiger partial charge in [-0.3, -0.25) is 4.79 Å². The number of hydrogen-bond donors (Lipinski definition) is 2.